The number of hydrogen-bond donors (Lipinski definition) is 1. The summed E-state index contributed by atoms with van der Waals surface area (Å²) in [6, 6.07) is 11.1. The Hall–Kier alpha value is -2.57. The minimum atomic E-state index is -4.57. The molecule has 1 fully saturated rings. The smallest absolute Gasteiger partial charge is 0.355 e. The first-order valence-electron chi connectivity index (χ1n) is 8.31. The van der Waals surface area contributed by atoms with Gasteiger partial charge in [-0.3, -0.25) is 0 Å². The Kier molecular flexibility index (Phi) is 3.86. The van der Waals surface area contributed by atoms with Crippen molar-refractivity contribution in [2.45, 2.75) is 25.4 Å². The van der Waals surface area contributed by atoms with Crippen LogP contribution in [0.5, 0.6) is 0 Å². The maximum absolute atomic E-state index is 13.2. The number of halogens is 3. The van der Waals surface area contributed by atoms with Crippen LogP contribution in [-0.2, 0) is 6.18 Å². The summed E-state index contributed by atoms with van der Waals surface area (Å²) in [5, 5.41) is 0. The number of alkyl halides is 3. The number of anilines is 1. The molecule has 3 aromatic rings. The minimum Gasteiger partial charge on any atom is -0.355 e. The molecule has 0 unspecified atom stereocenters. The zero-order valence-electron chi connectivity index (χ0n) is 13.5. The molecular weight excluding hydrogens is 329 g/mol. The van der Waals surface area contributed by atoms with Gasteiger partial charge in [-0.05, 0) is 30.9 Å². The van der Waals surface area contributed by atoms with Crippen LogP contribution >= 0.6 is 0 Å². The van der Waals surface area contributed by atoms with Crippen LogP contribution in [0.15, 0.2) is 36.4 Å². The van der Waals surface area contributed by atoms with Crippen molar-refractivity contribution in [1.82, 2.24) is 15.0 Å². The second-order valence-electron chi connectivity index (χ2n) is 6.23. The van der Waals surface area contributed by atoms with Gasteiger partial charge in [0.15, 0.2) is 5.82 Å². The van der Waals surface area contributed by atoms with Crippen LogP contribution in [-0.4, -0.2) is 28.0 Å². The summed E-state index contributed by atoms with van der Waals surface area (Å²) in [5.41, 5.74) is 2.50. The van der Waals surface area contributed by atoms with E-state index >= 15 is 0 Å². The number of nitrogens with zero attached hydrogens (tertiary/aromatic N) is 3. The summed E-state index contributed by atoms with van der Waals surface area (Å²) in [7, 11) is 0. The first-order valence-corrected chi connectivity index (χ1v) is 8.31. The number of rotatable bonds is 2. The molecule has 0 radical (unpaired) electrons. The fourth-order valence-electron chi connectivity index (χ4n) is 3.23. The molecule has 2 aromatic heterocycles. The van der Waals surface area contributed by atoms with Crippen molar-refractivity contribution in [3.63, 3.8) is 0 Å². The lowest BCUT2D eigenvalue weighted by Gasteiger charge is -2.28. The molecule has 4 rings (SSSR count). The summed E-state index contributed by atoms with van der Waals surface area (Å²) in [4.78, 5) is 12.8. The number of aromatic nitrogens is 3. The van der Waals surface area contributed by atoms with Crippen LogP contribution in [0.1, 0.15) is 25.1 Å². The first-order chi connectivity index (χ1) is 12.0. The Bertz CT molecular complexity index is 880. The van der Waals surface area contributed by atoms with E-state index in [1.807, 2.05) is 35.2 Å². The second kappa shape index (κ2) is 6.06. The summed E-state index contributed by atoms with van der Waals surface area (Å²) in [6.07, 6.45) is -1.56. The van der Waals surface area contributed by atoms with Crippen LogP contribution in [0, 0.1) is 0 Å². The normalized spacial score (nSPS) is 15.7. The quantitative estimate of drug-likeness (QED) is 0.735. The number of benzene rings is 1. The molecule has 0 aliphatic carbocycles. The average molecular weight is 346 g/mol. The first kappa shape index (κ1) is 15.9. The Balaban J connectivity index is 1.89. The van der Waals surface area contributed by atoms with E-state index in [-0.39, 0.29) is 0 Å². The average Bonchev–Trinajstić information content (AvgIpc) is 3.06. The fourth-order valence-corrected chi connectivity index (χ4v) is 3.23. The van der Waals surface area contributed by atoms with Gasteiger partial charge in [-0.15, -0.1) is 0 Å². The Morgan fingerprint density at radius 2 is 1.68 bits per heavy atom. The van der Waals surface area contributed by atoms with Crippen LogP contribution in [0.25, 0.3) is 22.3 Å². The summed E-state index contributed by atoms with van der Waals surface area (Å²) >= 11 is 0. The lowest BCUT2D eigenvalue weighted by Crippen LogP contribution is -2.31. The van der Waals surface area contributed by atoms with Gasteiger partial charge in [-0.2, -0.15) is 13.2 Å². The Morgan fingerprint density at radius 3 is 2.36 bits per heavy atom. The van der Waals surface area contributed by atoms with Gasteiger partial charge >= 0.3 is 6.18 Å². The predicted octanol–water partition coefficient (Wildman–Crippen LogP) is 4.63. The van der Waals surface area contributed by atoms with Crippen LogP contribution in [0.3, 0.4) is 0 Å². The molecule has 130 valence electrons. The van der Waals surface area contributed by atoms with Crippen molar-refractivity contribution < 1.29 is 13.2 Å². The molecule has 0 bridgehead atoms. The molecule has 4 nitrogen and oxygen atoms in total. The zero-order valence-corrected chi connectivity index (χ0v) is 13.5. The van der Waals surface area contributed by atoms with Crippen molar-refractivity contribution in [2.24, 2.45) is 0 Å². The number of H-pyrrole nitrogens is 1. The maximum Gasteiger partial charge on any atom is 0.451 e. The topological polar surface area (TPSA) is 44.8 Å². The van der Waals surface area contributed by atoms with E-state index in [1.165, 1.54) is 0 Å². The molecular formula is C18H17F3N4. The number of aromatic amines is 1. The van der Waals surface area contributed by atoms with Gasteiger partial charge in [-0.25, -0.2) is 9.97 Å². The summed E-state index contributed by atoms with van der Waals surface area (Å²) in [5.74, 6) is -0.738. The molecule has 0 saturated carbocycles. The van der Waals surface area contributed by atoms with Crippen molar-refractivity contribution in [3.8, 4) is 11.3 Å². The molecule has 25 heavy (non-hydrogen) atoms. The number of piperidine rings is 1. The molecule has 0 atom stereocenters. The molecule has 1 saturated heterocycles. The highest BCUT2D eigenvalue weighted by atomic mass is 19.4. The van der Waals surface area contributed by atoms with E-state index < -0.39 is 12.0 Å². The SMILES string of the molecule is FC(F)(F)c1nc(N2CCCCC2)c2[nH]c(-c3ccccc3)cc2n1. The van der Waals surface area contributed by atoms with Crippen molar-refractivity contribution in [1.29, 1.82) is 0 Å². The summed E-state index contributed by atoms with van der Waals surface area (Å²) in [6.45, 7) is 1.42. The highest BCUT2D eigenvalue weighted by molar-refractivity contribution is 5.91. The van der Waals surface area contributed by atoms with E-state index in [0.29, 0.717) is 29.9 Å². The van der Waals surface area contributed by atoms with Gasteiger partial charge in [0.1, 0.15) is 5.52 Å². The van der Waals surface area contributed by atoms with E-state index in [2.05, 4.69) is 15.0 Å². The number of fused-ring (bicyclic) bond motifs is 1. The van der Waals surface area contributed by atoms with E-state index in [0.717, 1.165) is 30.5 Å². The third-order valence-corrected chi connectivity index (χ3v) is 4.45. The van der Waals surface area contributed by atoms with Crippen LogP contribution in [0.2, 0.25) is 0 Å². The van der Waals surface area contributed by atoms with Gasteiger partial charge in [0.05, 0.1) is 5.52 Å². The van der Waals surface area contributed by atoms with Crippen molar-refractivity contribution in [3.05, 3.63) is 42.2 Å². The highest BCUT2D eigenvalue weighted by Gasteiger charge is 2.36. The molecule has 0 amide bonds. The molecule has 7 heteroatoms. The van der Waals surface area contributed by atoms with E-state index in [4.69, 9.17) is 0 Å². The Morgan fingerprint density at radius 1 is 0.960 bits per heavy atom. The van der Waals surface area contributed by atoms with Crippen molar-refractivity contribution in [2.75, 3.05) is 18.0 Å². The third kappa shape index (κ3) is 3.06. The van der Waals surface area contributed by atoms with E-state index in [1.54, 1.807) is 6.07 Å². The molecule has 3 heterocycles. The Labute approximate surface area is 142 Å². The number of hydrogen-bond acceptors (Lipinski definition) is 3. The fraction of sp³-hybridized carbons (Fsp3) is 0.333. The monoisotopic (exact) mass is 346 g/mol. The van der Waals surface area contributed by atoms with Gasteiger partial charge in [-0.1, -0.05) is 30.3 Å². The van der Waals surface area contributed by atoms with Crippen molar-refractivity contribution >= 4 is 16.9 Å². The molecule has 1 aliphatic rings. The van der Waals surface area contributed by atoms with Gasteiger partial charge in [0.25, 0.3) is 0 Å². The third-order valence-electron chi connectivity index (χ3n) is 4.45. The van der Waals surface area contributed by atoms with Gasteiger partial charge < -0.3 is 9.88 Å². The number of nitrogens with one attached hydrogen (secondary N) is 1. The summed E-state index contributed by atoms with van der Waals surface area (Å²) < 4.78 is 39.7. The van der Waals surface area contributed by atoms with Crippen LogP contribution in [0.4, 0.5) is 19.0 Å². The molecule has 1 aliphatic heterocycles. The van der Waals surface area contributed by atoms with Gasteiger partial charge in [0.2, 0.25) is 5.82 Å². The molecule has 1 N–H and O–H groups in total. The predicted molar refractivity (Wildman–Crippen MR) is 90.4 cm³/mol. The lowest BCUT2D eigenvalue weighted by molar-refractivity contribution is -0.144. The van der Waals surface area contributed by atoms with Crippen LogP contribution < -0.4 is 4.90 Å². The molecule has 0 spiro atoms. The maximum atomic E-state index is 13.2. The minimum absolute atomic E-state index is 0.293. The molecule has 1 aromatic carbocycles. The largest absolute Gasteiger partial charge is 0.451 e. The van der Waals surface area contributed by atoms with Gasteiger partial charge in [0, 0.05) is 18.8 Å². The lowest BCUT2D eigenvalue weighted by atomic mass is 10.1. The zero-order chi connectivity index (χ0) is 17.4. The highest BCUT2D eigenvalue weighted by Crippen LogP contribution is 2.34. The van der Waals surface area contributed by atoms with E-state index in [9.17, 15) is 13.2 Å². The standard InChI is InChI=1S/C18H17F3N4/c19-18(20,21)17-23-14-11-13(12-7-3-1-4-8-12)22-15(14)16(24-17)25-9-5-2-6-10-25/h1,3-4,7-8,11,22H,2,5-6,9-10H2. The second-order valence-corrected chi connectivity index (χ2v) is 6.23.